The first-order valence-electron chi connectivity index (χ1n) is 10.8. The molecule has 0 atom stereocenters. The number of aromatic hydroxyl groups is 1. The summed E-state index contributed by atoms with van der Waals surface area (Å²) in [5.41, 5.74) is 7.03. The molecule has 1 aromatic heterocycles. The second kappa shape index (κ2) is 7.61. The summed E-state index contributed by atoms with van der Waals surface area (Å²) in [5, 5.41) is 11.0. The van der Waals surface area contributed by atoms with Gasteiger partial charge in [-0.25, -0.2) is 4.98 Å². The van der Waals surface area contributed by atoms with E-state index >= 15 is 0 Å². The van der Waals surface area contributed by atoms with E-state index in [0.717, 1.165) is 39.5 Å². The maximum atomic E-state index is 11.0. The number of phenols is 1. The molecule has 0 aliphatic heterocycles. The third kappa shape index (κ3) is 4.30. The molecule has 0 aliphatic carbocycles. The molecule has 0 saturated carbocycles. The van der Waals surface area contributed by atoms with Crippen molar-refractivity contribution in [2.24, 2.45) is 0 Å². The molecule has 30 heavy (non-hydrogen) atoms. The first-order valence-corrected chi connectivity index (χ1v) is 10.8. The van der Waals surface area contributed by atoms with Crippen molar-refractivity contribution in [1.82, 2.24) is 9.97 Å². The van der Waals surface area contributed by atoms with Crippen molar-refractivity contribution in [2.45, 2.75) is 79.1 Å². The fourth-order valence-electron chi connectivity index (χ4n) is 3.82. The van der Waals surface area contributed by atoms with Gasteiger partial charge in [-0.2, -0.15) is 0 Å². The van der Waals surface area contributed by atoms with Crippen LogP contribution in [-0.4, -0.2) is 15.1 Å². The molecule has 0 fully saturated rings. The van der Waals surface area contributed by atoms with Gasteiger partial charge in [0.15, 0.2) is 0 Å². The van der Waals surface area contributed by atoms with Gasteiger partial charge in [0.2, 0.25) is 0 Å². The van der Waals surface area contributed by atoms with Crippen LogP contribution in [0.4, 0.5) is 0 Å². The number of rotatable bonds is 3. The van der Waals surface area contributed by atoms with Crippen LogP contribution in [0.1, 0.15) is 83.7 Å². The van der Waals surface area contributed by atoms with Crippen molar-refractivity contribution in [1.29, 1.82) is 0 Å². The van der Waals surface area contributed by atoms with Gasteiger partial charge >= 0.3 is 0 Å². The minimum atomic E-state index is -0.169. The number of hydrogen-bond acceptors (Lipinski definition) is 2. The van der Waals surface area contributed by atoms with Crippen LogP contribution in [-0.2, 0) is 10.8 Å². The van der Waals surface area contributed by atoms with Crippen LogP contribution in [0.15, 0.2) is 36.4 Å². The van der Waals surface area contributed by atoms with Crippen molar-refractivity contribution in [3.05, 3.63) is 58.8 Å². The molecule has 2 N–H and O–H groups in total. The standard InChI is InChI=1S/C27H36N2O/c1-16(2)18-10-12-19(13-11-18)23-17(3)28-25(29-23)20-14-21(26(4,5)6)24(30)22(15-20)27(7,8)9/h10-16,30H,1-9H3,(H,28,29). The maximum absolute atomic E-state index is 11.0. The Balaban J connectivity index is 2.14. The summed E-state index contributed by atoms with van der Waals surface area (Å²) in [6, 6.07) is 12.8. The van der Waals surface area contributed by atoms with Crippen molar-refractivity contribution in [3.63, 3.8) is 0 Å². The molecule has 2 aromatic carbocycles. The van der Waals surface area contributed by atoms with Crippen LogP contribution in [0.3, 0.4) is 0 Å². The number of imidazole rings is 1. The number of aromatic nitrogens is 2. The summed E-state index contributed by atoms with van der Waals surface area (Å²) in [6.07, 6.45) is 0. The number of H-pyrrole nitrogens is 1. The van der Waals surface area contributed by atoms with Crippen LogP contribution in [0.5, 0.6) is 5.75 Å². The number of nitrogens with one attached hydrogen (secondary N) is 1. The van der Waals surface area contributed by atoms with Gasteiger partial charge in [-0.05, 0) is 41.4 Å². The smallest absolute Gasteiger partial charge is 0.138 e. The number of aromatic amines is 1. The van der Waals surface area contributed by atoms with Gasteiger partial charge in [-0.3, -0.25) is 0 Å². The second-order valence-electron chi connectivity index (χ2n) is 10.8. The average Bonchev–Trinajstić information content (AvgIpc) is 3.01. The van der Waals surface area contributed by atoms with Gasteiger partial charge in [0.1, 0.15) is 11.6 Å². The van der Waals surface area contributed by atoms with Crippen molar-refractivity contribution < 1.29 is 5.11 Å². The number of nitrogens with zero attached hydrogens (tertiary/aromatic N) is 1. The Kier molecular flexibility index (Phi) is 5.62. The highest BCUT2D eigenvalue weighted by Gasteiger charge is 2.27. The third-order valence-corrected chi connectivity index (χ3v) is 5.73. The van der Waals surface area contributed by atoms with E-state index in [1.54, 1.807) is 0 Å². The molecule has 3 rings (SSSR count). The van der Waals surface area contributed by atoms with Gasteiger partial charge in [0, 0.05) is 27.9 Å². The van der Waals surface area contributed by atoms with Gasteiger partial charge in [0.05, 0.1) is 5.69 Å². The zero-order valence-corrected chi connectivity index (χ0v) is 19.9. The lowest BCUT2D eigenvalue weighted by Gasteiger charge is -2.28. The van der Waals surface area contributed by atoms with Crippen molar-refractivity contribution in [2.75, 3.05) is 0 Å². The molecule has 0 amide bonds. The Hall–Kier alpha value is -2.55. The highest BCUT2D eigenvalue weighted by Crippen LogP contribution is 2.42. The van der Waals surface area contributed by atoms with E-state index < -0.39 is 0 Å². The van der Waals surface area contributed by atoms with Crippen molar-refractivity contribution in [3.8, 4) is 28.4 Å². The molecule has 3 heteroatoms. The largest absolute Gasteiger partial charge is 0.507 e. The van der Waals surface area contributed by atoms with Crippen molar-refractivity contribution >= 4 is 0 Å². The molecule has 0 spiro atoms. The molecule has 160 valence electrons. The van der Waals surface area contributed by atoms with Gasteiger partial charge in [-0.15, -0.1) is 0 Å². The molecule has 0 saturated heterocycles. The zero-order valence-electron chi connectivity index (χ0n) is 19.9. The molecule has 3 aromatic rings. The molecule has 1 heterocycles. The molecule has 0 radical (unpaired) electrons. The van der Waals surface area contributed by atoms with E-state index in [2.05, 4.69) is 104 Å². The van der Waals surface area contributed by atoms with E-state index in [4.69, 9.17) is 4.98 Å². The highest BCUT2D eigenvalue weighted by molar-refractivity contribution is 5.70. The van der Waals surface area contributed by atoms with Gasteiger partial charge < -0.3 is 10.1 Å². The summed E-state index contributed by atoms with van der Waals surface area (Å²) < 4.78 is 0. The summed E-state index contributed by atoms with van der Waals surface area (Å²) in [6.45, 7) is 19.3. The Morgan fingerprint density at radius 2 is 1.33 bits per heavy atom. The topological polar surface area (TPSA) is 48.9 Å². The van der Waals surface area contributed by atoms with E-state index in [1.165, 1.54) is 5.56 Å². The number of phenolic OH excluding ortho intramolecular Hbond substituents is 1. The van der Waals surface area contributed by atoms with E-state index in [-0.39, 0.29) is 10.8 Å². The highest BCUT2D eigenvalue weighted by atomic mass is 16.3. The normalized spacial score (nSPS) is 12.6. The summed E-state index contributed by atoms with van der Waals surface area (Å²) in [4.78, 5) is 8.44. The molecule has 0 unspecified atom stereocenters. The SMILES string of the molecule is Cc1[nH]c(-c2cc(C(C)(C)C)c(O)c(C(C)(C)C)c2)nc1-c1ccc(C(C)C)cc1. The Bertz CT molecular complexity index is 1010. The fraction of sp³-hybridized carbons (Fsp3) is 0.444. The Labute approximate surface area is 181 Å². The Morgan fingerprint density at radius 1 is 0.833 bits per heavy atom. The first kappa shape index (κ1) is 22.1. The van der Waals surface area contributed by atoms with Gasteiger partial charge in [0.25, 0.3) is 0 Å². The zero-order chi connectivity index (χ0) is 22.4. The van der Waals surface area contributed by atoms with Gasteiger partial charge in [-0.1, -0.05) is 79.7 Å². The van der Waals surface area contributed by atoms with Crippen LogP contribution < -0.4 is 0 Å². The molecule has 3 nitrogen and oxygen atoms in total. The van der Waals surface area contributed by atoms with Crippen LogP contribution in [0.25, 0.3) is 22.6 Å². The summed E-state index contributed by atoms with van der Waals surface area (Å²) in [7, 11) is 0. The minimum Gasteiger partial charge on any atom is -0.507 e. The lowest BCUT2D eigenvalue weighted by Crippen LogP contribution is -2.17. The molecule has 0 bridgehead atoms. The van der Waals surface area contributed by atoms with E-state index in [9.17, 15) is 5.11 Å². The maximum Gasteiger partial charge on any atom is 0.138 e. The molecular formula is C27H36N2O. The first-order chi connectivity index (χ1) is 13.8. The monoisotopic (exact) mass is 404 g/mol. The van der Waals surface area contributed by atoms with Crippen LogP contribution >= 0.6 is 0 Å². The average molecular weight is 405 g/mol. The second-order valence-corrected chi connectivity index (χ2v) is 10.8. The van der Waals surface area contributed by atoms with Crippen LogP contribution in [0, 0.1) is 6.92 Å². The lowest BCUT2D eigenvalue weighted by atomic mass is 9.78. The minimum absolute atomic E-state index is 0.169. The molecular weight excluding hydrogens is 368 g/mol. The predicted octanol–water partition coefficient (Wildman–Crippen LogP) is 7.48. The van der Waals surface area contributed by atoms with Crippen LogP contribution in [0.2, 0.25) is 0 Å². The lowest BCUT2D eigenvalue weighted by molar-refractivity contribution is 0.423. The summed E-state index contributed by atoms with van der Waals surface area (Å²) >= 11 is 0. The fourth-order valence-corrected chi connectivity index (χ4v) is 3.82. The number of hydrogen-bond donors (Lipinski definition) is 2. The summed E-state index contributed by atoms with van der Waals surface area (Å²) in [5.74, 6) is 1.75. The quantitative estimate of drug-likeness (QED) is 0.475. The Morgan fingerprint density at radius 3 is 1.77 bits per heavy atom. The number of benzene rings is 2. The van der Waals surface area contributed by atoms with E-state index in [1.807, 2.05) is 0 Å². The predicted molar refractivity (Wildman–Crippen MR) is 127 cm³/mol. The third-order valence-electron chi connectivity index (χ3n) is 5.73. The molecule has 0 aliphatic rings. The van der Waals surface area contributed by atoms with E-state index in [0.29, 0.717) is 11.7 Å². The number of aryl methyl sites for hydroxylation is 1.